The van der Waals surface area contributed by atoms with Crippen molar-refractivity contribution in [1.82, 2.24) is 4.98 Å². The van der Waals surface area contributed by atoms with E-state index in [4.69, 9.17) is 4.74 Å². The summed E-state index contributed by atoms with van der Waals surface area (Å²) in [4.78, 5) is 17.7. The molecule has 0 bridgehead atoms. The second kappa shape index (κ2) is 5.78. The zero-order chi connectivity index (χ0) is 13.0. The van der Waals surface area contributed by atoms with Crippen LogP contribution in [0, 0.1) is 0 Å². The largest absolute Gasteiger partial charge is 0.380 e. The summed E-state index contributed by atoms with van der Waals surface area (Å²) in [6.45, 7) is 4.06. The Labute approximate surface area is 107 Å². The monoisotopic (exact) mass is 246 g/mol. The van der Waals surface area contributed by atoms with Crippen LogP contribution in [0.3, 0.4) is 0 Å². The Hall–Kier alpha value is -1.68. The van der Waals surface area contributed by atoms with Crippen molar-refractivity contribution in [3.63, 3.8) is 0 Å². The van der Waals surface area contributed by atoms with Gasteiger partial charge in [-0.1, -0.05) is 6.08 Å². The molecule has 0 unspecified atom stereocenters. The molecule has 0 atom stereocenters. The summed E-state index contributed by atoms with van der Waals surface area (Å²) in [5.41, 5.74) is 2.00. The SMILES string of the molecule is COCC1=CCN(c2ccc(C(C)=O)cn2)CC1. The van der Waals surface area contributed by atoms with Gasteiger partial charge in [0.05, 0.1) is 6.61 Å². The summed E-state index contributed by atoms with van der Waals surface area (Å²) in [5, 5.41) is 0. The fourth-order valence-corrected chi connectivity index (χ4v) is 2.02. The number of methoxy groups -OCH3 is 1. The molecule has 0 aromatic carbocycles. The highest BCUT2D eigenvalue weighted by Gasteiger charge is 2.13. The lowest BCUT2D eigenvalue weighted by Gasteiger charge is -2.27. The van der Waals surface area contributed by atoms with Gasteiger partial charge in [-0.05, 0) is 31.1 Å². The molecular weight excluding hydrogens is 228 g/mol. The summed E-state index contributed by atoms with van der Waals surface area (Å²) in [6.07, 6.45) is 4.84. The number of Topliss-reactive ketones (excluding diaryl/α,β-unsaturated/α-hetero) is 1. The first-order valence-corrected chi connectivity index (χ1v) is 6.09. The first-order chi connectivity index (χ1) is 8.70. The molecule has 1 aromatic heterocycles. The summed E-state index contributed by atoms with van der Waals surface area (Å²) in [6, 6.07) is 3.74. The maximum atomic E-state index is 11.2. The number of rotatable bonds is 4. The van der Waals surface area contributed by atoms with Crippen molar-refractivity contribution in [3.8, 4) is 0 Å². The van der Waals surface area contributed by atoms with Gasteiger partial charge in [0.1, 0.15) is 5.82 Å². The van der Waals surface area contributed by atoms with Crippen molar-refractivity contribution in [1.29, 1.82) is 0 Å². The number of carbonyl (C=O) groups is 1. The second-order valence-electron chi connectivity index (χ2n) is 4.45. The highest BCUT2D eigenvalue weighted by Crippen LogP contribution is 2.18. The number of hydrogen-bond acceptors (Lipinski definition) is 4. The molecule has 2 rings (SSSR count). The van der Waals surface area contributed by atoms with Crippen molar-refractivity contribution in [3.05, 3.63) is 35.5 Å². The summed E-state index contributed by atoms with van der Waals surface area (Å²) >= 11 is 0. The Morgan fingerprint density at radius 3 is 2.83 bits per heavy atom. The molecule has 1 aliphatic rings. The number of pyridine rings is 1. The van der Waals surface area contributed by atoms with Gasteiger partial charge in [0.25, 0.3) is 0 Å². The molecule has 0 amide bonds. The van der Waals surface area contributed by atoms with Crippen LogP contribution in [0.1, 0.15) is 23.7 Å². The average Bonchev–Trinajstić information content (AvgIpc) is 2.40. The molecule has 18 heavy (non-hydrogen) atoms. The molecule has 2 heterocycles. The Balaban J connectivity index is 2.03. The van der Waals surface area contributed by atoms with Crippen LogP contribution in [0.2, 0.25) is 0 Å². The highest BCUT2D eigenvalue weighted by molar-refractivity contribution is 5.93. The van der Waals surface area contributed by atoms with Gasteiger partial charge in [0.15, 0.2) is 5.78 Å². The number of carbonyl (C=O) groups excluding carboxylic acids is 1. The summed E-state index contributed by atoms with van der Waals surface area (Å²) in [7, 11) is 1.72. The molecule has 0 radical (unpaired) electrons. The van der Waals surface area contributed by atoms with Crippen LogP contribution < -0.4 is 4.90 Å². The van der Waals surface area contributed by atoms with Crippen LogP contribution in [0.25, 0.3) is 0 Å². The summed E-state index contributed by atoms with van der Waals surface area (Å²) in [5.74, 6) is 0.975. The van der Waals surface area contributed by atoms with E-state index in [1.54, 1.807) is 20.2 Å². The molecule has 4 heteroatoms. The molecule has 0 N–H and O–H groups in total. The third-order valence-corrected chi connectivity index (χ3v) is 3.11. The average molecular weight is 246 g/mol. The standard InChI is InChI=1S/C14H18N2O2/c1-11(17)13-3-4-14(15-9-13)16-7-5-12(6-8-16)10-18-2/h3-5,9H,6-8,10H2,1-2H3. The Morgan fingerprint density at radius 1 is 1.50 bits per heavy atom. The maximum Gasteiger partial charge on any atom is 0.161 e. The number of ether oxygens (including phenoxy) is 1. The predicted molar refractivity (Wildman–Crippen MR) is 71.0 cm³/mol. The number of aromatic nitrogens is 1. The fourth-order valence-electron chi connectivity index (χ4n) is 2.02. The van der Waals surface area contributed by atoms with Gasteiger partial charge in [-0.3, -0.25) is 4.79 Å². The van der Waals surface area contributed by atoms with Crippen molar-refractivity contribution in [2.24, 2.45) is 0 Å². The van der Waals surface area contributed by atoms with Crippen LogP contribution in [-0.4, -0.2) is 37.6 Å². The van der Waals surface area contributed by atoms with E-state index in [-0.39, 0.29) is 5.78 Å². The highest BCUT2D eigenvalue weighted by atomic mass is 16.5. The van der Waals surface area contributed by atoms with E-state index in [1.165, 1.54) is 5.57 Å². The topological polar surface area (TPSA) is 42.4 Å². The quantitative estimate of drug-likeness (QED) is 0.602. The second-order valence-corrected chi connectivity index (χ2v) is 4.45. The first-order valence-electron chi connectivity index (χ1n) is 6.09. The predicted octanol–water partition coefficient (Wildman–Crippen LogP) is 2.07. The van der Waals surface area contributed by atoms with Crippen LogP contribution in [0.5, 0.6) is 0 Å². The van der Waals surface area contributed by atoms with E-state index in [1.807, 2.05) is 12.1 Å². The minimum Gasteiger partial charge on any atom is -0.380 e. The van der Waals surface area contributed by atoms with Crippen LogP contribution in [0.4, 0.5) is 5.82 Å². The first kappa shape index (κ1) is 12.8. The molecule has 0 saturated heterocycles. The number of anilines is 1. The molecule has 1 aromatic rings. The fraction of sp³-hybridized carbons (Fsp3) is 0.429. The Bertz CT molecular complexity index is 451. The van der Waals surface area contributed by atoms with E-state index in [2.05, 4.69) is 16.0 Å². The molecule has 1 aliphatic heterocycles. The lowest BCUT2D eigenvalue weighted by Crippen LogP contribution is -2.30. The molecule has 0 saturated carbocycles. The molecule has 0 aliphatic carbocycles. The van der Waals surface area contributed by atoms with Crippen molar-refractivity contribution in [2.45, 2.75) is 13.3 Å². The van der Waals surface area contributed by atoms with Crippen LogP contribution >= 0.6 is 0 Å². The van der Waals surface area contributed by atoms with E-state index >= 15 is 0 Å². The van der Waals surface area contributed by atoms with E-state index in [0.29, 0.717) is 12.2 Å². The maximum absolute atomic E-state index is 11.2. The lowest BCUT2D eigenvalue weighted by atomic mass is 10.1. The molecule has 96 valence electrons. The van der Waals surface area contributed by atoms with Crippen molar-refractivity contribution < 1.29 is 9.53 Å². The van der Waals surface area contributed by atoms with E-state index in [9.17, 15) is 4.79 Å². The van der Waals surface area contributed by atoms with Gasteiger partial charge in [-0.15, -0.1) is 0 Å². The van der Waals surface area contributed by atoms with Crippen LogP contribution in [-0.2, 0) is 4.74 Å². The Morgan fingerprint density at radius 2 is 2.33 bits per heavy atom. The number of hydrogen-bond donors (Lipinski definition) is 0. The van der Waals surface area contributed by atoms with Gasteiger partial charge in [0.2, 0.25) is 0 Å². The van der Waals surface area contributed by atoms with Gasteiger partial charge in [-0.2, -0.15) is 0 Å². The summed E-state index contributed by atoms with van der Waals surface area (Å²) < 4.78 is 5.12. The van der Waals surface area contributed by atoms with Gasteiger partial charge >= 0.3 is 0 Å². The number of ketones is 1. The lowest BCUT2D eigenvalue weighted by molar-refractivity contribution is 0.101. The van der Waals surface area contributed by atoms with E-state index < -0.39 is 0 Å². The van der Waals surface area contributed by atoms with E-state index in [0.717, 1.165) is 25.3 Å². The van der Waals surface area contributed by atoms with Gasteiger partial charge < -0.3 is 9.64 Å². The molecular formula is C14H18N2O2. The van der Waals surface area contributed by atoms with Gasteiger partial charge in [0, 0.05) is 32.0 Å². The zero-order valence-electron chi connectivity index (χ0n) is 10.8. The number of nitrogens with zero attached hydrogens (tertiary/aromatic N) is 2. The molecule has 0 fully saturated rings. The third-order valence-electron chi connectivity index (χ3n) is 3.11. The van der Waals surface area contributed by atoms with Crippen molar-refractivity contribution >= 4 is 11.6 Å². The zero-order valence-corrected chi connectivity index (χ0v) is 10.8. The minimum absolute atomic E-state index is 0.0509. The molecule has 0 spiro atoms. The van der Waals surface area contributed by atoms with Crippen LogP contribution in [0.15, 0.2) is 30.0 Å². The molecule has 4 nitrogen and oxygen atoms in total. The normalized spacial score (nSPS) is 15.4. The third kappa shape index (κ3) is 2.96. The Kier molecular flexibility index (Phi) is 4.10. The van der Waals surface area contributed by atoms with Gasteiger partial charge in [-0.25, -0.2) is 4.98 Å². The smallest absolute Gasteiger partial charge is 0.161 e. The minimum atomic E-state index is 0.0509. The van der Waals surface area contributed by atoms with Crippen molar-refractivity contribution in [2.75, 3.05) is 31.7 Å².